The van der Waals surface area contributed by atoms with Gasteiger partial charge in [-0.25, -0.2) is 0 Å². The van der Waals surface area contributed by atoms with Crippen molar-refractivity contribution in [1.82, 2.24) is 5.32 Å². The zero-order chi connectivity index (χ0) is 8.97. The summed E-state index contributed by atoms with van der Waals surface area (Å²) in [6.07, 6.45) is 5.83. The van der Waals surface area contributed by atoms with Crippen molar-refractivity contribution >= 4 is 0 Å². The van der Waals surface area contributed by atoms with Crippen LogP contribution < -0.4 is 5.32 Å². The first-order valence-electron chi connectivity index (χ1n) is 5.38. The third kappa shape index (κ3) is 2.78. The van der Waals surface area contributed by atoms with Crippen molar-refractivity contribution in [2.45, 2.75) is 39.5 Å². The predicted molar refractivity (Wildman–Crippen MR) is 54.2 cm³/mol. The van der Waals surface area contributed by atoms with E-state index in [1.54, 1.807) is 0 Å². The fourth-order valence-electron chi connectivity index (χ4n) is 2.33. The highest BCUT2D eigenvalue weighted by Gasteiger charge is 2.25. The average Bonchev–Trinajstić information content (AvgIpc) is 2.48. The van der Waals surface area contributed by atoms with E-state index in [1.807, 2.05) is 0 Å². The predicted octanol–water partition coefficient (Wildman–Crippen LogP) is 2.67. The smallest absolute Gasteiger partial charge is 0.00493 e. The molecular weight excluding hydrogens is 146 g/mol. The van der Waals surface area contributed by atoms with Gasteiger partial charge in [0.15, 0.2) is 0 Å². The van der Waals surface area contributed by atoms with Crippen molar-refractivity contribution in [3.63, 3.8) is 0 Å². The fraction of sp³-hybridized carbons (Fsp3) is 1.00. The Kier molecular flexibility index (Phi) is 4.07. The molecule has 1 heteroatoms. The maximum atomic E-state index is 3.24. The molecule has 1 aliphatic rings. The van der Waals surface area contributed by atoms with Crippen molar-refractivity contribution in [3.8, 4) is 0 Å². The minimum absolute atomic E-state index is 0.907. The Morgan fingerprint density at radius 2 is 2.08 bits per heavy atom. The second-order valence-corrected chi connectivity index (χ2v) is 4.58. The molecule has 1 rings (SSSR count). The summed E-state index contributed by atoms with van der Waals surface area (Å²) < 4.78 is 0. The van der Waals surface area contributed by atoms with Crippen molar-refractivity contribution in [2.75, 3.05) is 13.6 Å². The molecule has 0 amide bonds. The first-order valence-corrected chi connectivity index (χ1v) is 5.38. The van der Waals surface area contributed by atoms with Crippen molar-refractivity contribution in [3.05, 3.63) is 0 Å². The minimum atomic E-state index is 0.907. The van der Waals surface area contributed by atoms with Gasteiger partial charge in [0, 0.05) is 0 Å². The molecule has 0 bridgehead atoms. The van der Waals surface area contributed by atoms with E-state index in [-0.39, 0.29) is 0 Å². The SMILES string of the molecule is CNCC[C@H]1CC[C@@H](C(C)C)C1. The number of nitrogens with one attached hydrogen (secondary N) is 1. The van der Waals surface area contributed by atoms with Crippen LogP contribution >= 0.6 is 0 Å². The first kappa shape index (κ1) is 10.0. The van der Waals surface area contributed by atoms with Crippen LogP contribution in [0.2, 0.25) is 0 Å². The Morgan fingerprint density at radius 1 is 1.33 bits per heavy atom. The van der Waals surface area contributed by atoms with Gasteiger partial charge in [-0.05, 0) is 50.6 Å². The molecule has 2 atom stereocenters. The topological polar surface area (TPSA) is 12.0 Å². The third-order valence-corrected chi connectivity index (χ3v) is 3.33. The van der Waals surface area contributed by atoms with Gasteiger partial charge in [0.2, 0.25) is 0 Å². The van der Waals surface area contributed by atoms with E-state index in [1.165, 1.54) is 32.2 Å². The van der Waals surface area contributed by atoms with Gasteiger partial charge < -0.3 is 5.32 Å². The Balaban J connectivity index is 2.17. The highest BCUT2D eigenvalue weighted by atomic mass is 14.8. The standard InChI is InChI=1S/C11H23N/c1-9(2)11-5-4-10(8-11)6-7-12-3/h9-12H,4-8H2,1-3H3/t10-,11-/m1/s1. The van der Waals surface area contributed by atoms with Gasteiger partial charge >= 0.3 is 0 Å². The van der Waals surface area contributed by atoms with Gasteiger partial charge in [0.05, 0.1) is 0 Å². The summed E-state index contributed by atoms with van der Waals surface area (Å²) in [6.45, 7) is 5.94. The van der Waals surface area contributed by atoms with Crippen LogP contribution in [0.1, 0.15) is 39.5 Å². The quantitative estimate of drug-likeness (QED) is 0.682. The van der Waals surface area contributed by atoms with E-state index in [0.717, 1.165) is 17.8 Å². The van der Waals surface area contributed by atoms with E-state index >= 15 is 0 Å². The normalized spacial score (nSPS) is 30.0. The van der Waals surface area contributed by atoms with Crippen LogP contribution in [0.5, 0.6) is 0 Å². The Labute approximate surface area is 76.9 Å². The molecule has 12 heavy (non-hydrogen) atoms. The molecule has 1 N–H and O–H groups in total. The summed E-state index contributed by atoms with van der Waals surface area (Å²) in [5.41, 5.74) is 0. The molecule has 0 aliphatic heterocycles. The summed E-state index contributed by atoms with van der Waals surface area (Å²) >= 11 is 0. The zero-order valence-electron chi connectivity index (χ0n) is 8.77. The summed E-state index contributed by atoms with van der Waals surface area (Å²) in [5.74, 6) is 2.95. The van der Waals surface area contributed by atoms with Gasteiger partial charge in [0.25, 0.3) is 0 Å². The van der Waals surface area contributed by atoms with Gasteiger partial charge in [-0.15, -0.1) is 0 Å². The summed E-state index contributed by atoms with van der Waals surface area (Å²) in [7, 11) is 2.05. The number of rotatable bonds is 4. The maximum absolute atomic E-state index is 3.24. The third-order valence-electron chi connectivity index (χ3n) is 3.33. The van der Waals surface area contributed by atoms with Crippen LogP contribution in [-0.2, 0) is 0 Å². The molecule has 0 radical (unpaired) electrons. The molecule has 0 unspecified atom stereocenters. The fourth-order valence-corrected chi connectivity index (χ4v) is 2.33. The molecule has 0 aromatic carbocycles. The Hall–Kier alpha value is -0.0400. The van der Waals surface area contributed by atoms with E-state index in [2.05, 4.69) is 26.2 Å². The monoisotopic (exact) mass is 169 g/mol. The molecule has 0 spiro atoms. The molecular formula is C11H23N. The number of hydrogen-bond donors (Lipinski definition) is 1. The molecule has 72 valence electrons. The summed E-state index contributed by atoms with van der Waals surface area (Å²) in [5, 5.41) is 3.24. The van der Waals surface area contributed by atoms with Gasteiger partial charge in [0.1, 0.15) is 0 Å². The van der Waals surface area contributed by atoms with Crippen molar-refractivity contribution in [2.24, 2.45) is 17.8 Å². The van der Waals surface area contributed by atoms with E-state index in [4.69, 9.17) is 0 Å². The van der Waals surface area contributed by atoms with Crippen LogP contribution in [0.25, 0.3) is 0 Å². The highest BCUT2D eigenvalue weighted by Crippen LogP contribution is 2.36. The van der Waals surface area contributed by atoms with E-state index < -0.39 is 0 Å². The largest absolute Gasteiger partial charge is 0.320 e. The van der Waals surface area contributed by atoms with Crippen LogP contribution in [0.15, 0.2) is 0 Å². The van der Waals surface area contributed by atoms with Crippen LogP contribution in [0.4, 0.5) is 0 Å². The van der Waals surface area contributed by atoms with Crippen molar-refractivity contribution in [1.29, 1.82) is 0 Å². The molecule has 1 saturated carbocycles. The van der Waals surface area contributed by atoms with Gasteiger partial charge in [-0.1, -0.05) is 20.3 Å². The lowest BCUT2D eigenvalue weighted by atomic mass is 9.93. The average molecular weight is 169 g/mol. The van der Waals surface area contributed by atoms with Gasteiger partial charge in [-0.2, -0.15) is 0 Å². The molecule has 1 nitrogen and oxygen atoms in total. The van der Waals surface area contributed by atoms with Crippen molar-refractivity contribution < 1.29 is 0 Å². The first-order chi connectivity index (χ1) is 5.74. The molecule has 1 aliphatic carbocycles. The molecule has 0 aromatic rings. The lowest BCUT2D eigenvalue weighted by Crippen LogP contribution is -2.12. The second-order valence-electron chi connectivity index (χ2n) is 4.58. The van der Waals surface area contributed by atoms with E-state index in [0.29, 0.717) is 0 Å². The summed E-state index contributed by atoms with van der Waals surface area (Å²) in [4.78, 5) is 0. The lowest BCUT2D eigenvalue weighted by Gasteiger charge is -2.14. The lowest BCUT2D eigenvalue weighted by molar-refractivity contribution is 0.372. The maximum Gasteiger partial charge on any atom is -0.00493 e. The Morgan fingerprint density at radius 3 is 2.58 bits per heavy atom. The summed E-state index contributed by atoms with van der Waals surface area (Å²) in [6, 6.07) is 0. The van der Waals surface area contributed by atoms with Crippen LogP contribution in [0, 0.1) is 17.8 Å². The molecule has 1 fully saturated rings. The Bertz CT molecular complexity index is 120. The van der Waals surface area contributed by atoms with E-state index in [9.17, 15) is 0 Å². The van der Waals surface area contributed by atoms with Gasteiger partial charge in [-0.3, -0.25) is 0 Å². The zero-order valence-corrected chi connectivity index (χ0v) is 8.77. The minimum Gasteiger partial charge on any atom is -0.320 e. The van der Waals surface area contributed by atoms with Crippen LogP contribution in [0.3, 0.4) is 0 Å². The number of hydrogen-bond acceptors (Lipinski definition) is 1. The molecule has 0 heterocycles. The molecule has 0 saturated heterocycles. The molecule has 0 aromatic heterocycles. The highest BCUT2D eigenvalue weighted by molar-refractivity contribution is 4.77. The second kappa shape index (κ2) is 4.86. The van der Waals surface area contributed by atoms with Crippen LogP contribution in [-0.4, -0.2) is 13.6 Å².